The molecule has 0 amide bonds. The largest absolute Gasteiger partial charge is 0.519 e. The van der Waals surface area contributed by atoms with E-state index in [1.165, 1.54) is 0 Å². The van der Waals surface area contributed by atoms with Gasteiger partial charge in [-0.25, -0.2) is 0 Å². The van der Waals surface area contributed by atoms with Crippen LogP contribution in [0.5, 0.6) is 0 Å². The van der Waals surface area contributed by atoms with Crippen LogP contribution in [0.1, 0.15) is 75.2 Å². The Morgan fingerprint density at radius 2 is 1.10 bits per heavy atom. The van der Waals surface area contributed by atoms with E-state index in [0.29, 0.717) is 0 Å². The van der Waals surface area contributed by atoms with Gasteiger partial charge in [-0.1, -0.05) is 74.5 Å². The van der Waals surface area contributed by atoms with Gasteiger partial charge < -0.3 is 22.8 Å². The molecule has 232 valence electrons. The Kier molecular flexibility index (Phi) is 11.8. The van der Waals surface area contributed by atoms with Crippen LogP contribution < -0.4 is 0 Å². The molecule has 10 heteroatoms. The van der Waals surface area contributed by atoms with Gasteiger partial charge >= 0.3 is 0 Å². The molecule has 3 atom stereocenters. The maximum Gasteiger partial charge on any atom is 0.295 e. The second kappa shape index (κ2) is 12.9. The summed E-state index contributed by atoms with van der Waals surface area (Å²) in [5.74, 6) is -0.608. The molecule has 0 radical (unpaired) electrons. The van der Waals surface area contributed by atoms with Crippen LogP contribution in [0.15, 0.2) is 24.7 Å². The minimum atomic E-state index is -2.30. The molecule has 40 heavy (non-hydrogen) atoms. The molecule has 7 nitrogen and oxygen atoms in total. The van der Waals surface area contributed by atoms with Crippen LogP contribution in [0.3, 0.4) is 0 Å². The van der Waals surface area contributed by atoms with Crippen molar-refractivity contribution in [2.75, 3.05) is 6.61 Å². The van der Waals surface area contributed by atoms with Crippen molar-refractivity contribution in [3.05, 3.63) is 24.7 Å². The minimum Gasteiger partial charge on any atom is -0.519 e. The van der Waals surface area contributed by atoms with Gasteiger partial charge in [-0.15, -0.1) is 0 Å². The minimum absolute atomic E-state index is 0.0163. The van der Waals surface area contributed by atoms with Crippen LogP contribution in [0.25, 0.3) is 0 Å². The van der Waals surface area contributed by atoms with Gasteiger partial charge in [-0.05, 0) is 61.0 Å². The third-order valence-corrected chi connectivity index (χ3v) is 22.2. The van der Waals surface area contributed by atoms with Crippen LogP contribution in [-0.4, -0.2) is 55.7 Å². The zero-order chi connectivity index (χ0) is 31.5. The van der Waals surface area contributed by atoms with E-state index < -0.39 is 37.2 Å². The van der Waals surface area contributed by atoms with Crippen molar-refractivity contribution in [2.24, 2.45) is 5.92 Å². The second-order valence-corrected chi connectivity index (χ2v) is 29.9. The lowest BCUT2D eigenvalue weighted by molar-refractivity contribution is -0.145. The molecule has 0 aliphatic carbocycles. The van der Waals surface area contributed by atoms with Crippen LogP contribution in [-0.2, 0) is 32.3 Å². The van der Waals surface area contributed by atoms with Crippen molar-refractivity contribution in [2.45, 2.75) is 142 Å². The van der Waals surface area contributed by atoms with Gasteiger partial charge in [0.1, 0.15) is 12.7 Å². The molecule has 1 heterocycles. The second-order valence-electron chi connectivity index (χ2n) is 15.7. The molecule has 1 rings (SSSR count). The van der Waals surface area contributed by atoms with Crippen molar-refractivity contribution in [3.8, 4) is 0 Å². The van der Waals surface area contributed by atoms with E-state index in [9.17, 15) is 9.59 Å². The van der Waals surface area contributed by atoms with E-state index in [-0.39, 0.29) is 58.4 Å². The Morgan fingerprint density at radius 3 is 1.52 bits per heavy atom. The molecule has 0 aromatic carbocycles. The summed E-state index contributed by atoms with van der Waals surface area (Å²) >= 11 is 0. The first-order valence-electron chi connectivity index (χ1n) is 14.5. The molecular weight excluding hydrogens is 557 g/mol. The van der Waals surface area contributed by atoms with E-state index in [4.69, 9.17) is 22.8 Å². The fraction of sp³-hybridized carbons (Fsp3) is 0.800. The zero-order valence-electron chi connectivity index (χ0n) is 28.1. The Balaban J connectivity index is 3.03. The molecule has 1 aliphatic heterocycles. The van der Waals surface area contributed by atoms with E-state index in [1.807, 2.05) is 25.2 Å². The van der Waals surface area contributed by atoms with Gasteiger partial charge in [-0.2, -0.15) is 0 Å². The summed E-state index contributed by atoms with van der Waals surface area (Å²) in [6.45, 7) is 35.7. The SMILES string of the molecule is C=C(OC[C@@H]1C=C[C@@H](CC(=O)O[Si](C)(C)C(C)(C)C)[C@H](CC(=O)O[Si](C)(C)C(C)(C)C)O1)O[Si](C)(C)C(C)(C)C. The zero-order valence-corrected chi connectivity index (χ0v) is 31.1. The van der Waals surface area contributed by atoms with E-state index in [1.54, 1.807) is 0 Å². The molecule has 0 fully saturated rings. The average Bonchev–Trinajstić information content (AvgIpc) is 2.70. The lowest BCUT2D eigenvalue weighted by Gasteiger charge is -2.38. The van der Waals surface area contributed by atoms with Crippen LogP contribution >= 0.6 is 0 Å². The standard InChI is InChI=1S/C30H58O7Si3/c1-22(35-38(11,12)28(2,3)4)33-21-24-18-17-23(19-26(31)36-39(13,14)29(5,6)7)25(34-24)20-27(32)37-40(15,16)30(8,9)10/h17-18,23-25H,1,19-21H2,2-16H3/t23-,24-,25-/m0/s1. The third-order valence-electron chi connectivity index (χ3n) is 9.10. The normalized spacial score (nSPS) is 21.0. The lowest BCUT2D eigenvalue weighted by atomic mass is 9.92. The Labute approximate surface area is 247 Å². The first kappa shape index (κ1) is 36.7. The molecule has 0 aromatic heterocycles. The summed E-state index contributed by atoms with van der Waals surface area (Å²) in [5.41, 5.74) is 0. The van der Waals surface area contributed by atoms with Crippen molar-refractivity contribution in [1.82, 2.24) is 0 Å². The molecule has 1 aliphatic rings. The molecule has 0 N–H and O–H groups in total. The van der Waals surface area contributed by atoms with Crippen molar-refractivity contribution >= 4 is 36.9 Å². The first-order valence-corrected chi connectivity index (χ1v) is 23.2. The Bertz CT molecular complexity index is 934. The average molecular weight is 615 g/mol. The van der Waals surface area contributed by atoms with Crippen LogP contribution in [0.4, 0.5) is 0 Å². The maximum absolute atomic E-state index is 13.1. The quantitative estimate of drug-likeness (QED) is 0.131. The van der Waals surface area contributed by atoms with Crippen molar-refractivity contribution < 1.29 is 32.3 Å². The summed E-state index contributed by atoms with van der Waals surface area (Å²) in [4.78, 5) is 26.2. The van der Waals surface area contributed by atoms with Crippen LogP contribution in [0.2, 0.25) is 54.4 Å². The Hall–Kier alpha value is -1.37. The topological polar surface area (TPSA) is 80.3 Å². The maximum atomic E-state index is 13.1. The monoisotopic (exact) mass is 614 g/mol. The fourth-order valence-electron chi connectivity index (χ4n) is 3.21. The molecule has 0 aromatic rings. The highest BCUT2D eigenvalue weighted by Crippen LogP contribution is 2.40. The number of rotatable bonds is 11. The molecule has 0 saturated heterocycles. The lowest BCUT2D eigenvalue weighted by Crippen LogP contribution is -2.45. The summed E-state index contributed by atoms with van der Waals surface area (Å²) in [6, 6.07) is 0. The van der Waals surface area contributed by atoms with Crippen molar-refractivity contribution in [3.63, 3.8) is 0 Å². The van der Waals surface area contributed by atoms with E-state index >= 15 is 0 Å². The highest BCUT2D eigenvalue weighted by Gasteiger charge is 2.44. The summed E-state index contributed by atoms with van der Waals surface area (Å²) in [6.07, 6.45) is 3.06. The highest BCUT2D eigenvalue weighted by atomic mass is 28.4. The number of carbonyl (C=O) groups excluding carboxylic acids is 2. The third kappa shape index (κ3) is 10.5. The number of hydrogen-bond donors (Lipinski definition) is 0. The van der Waals surface area contributed by atoms with Crippen LogP contribution in [0, 0.1) is 5.92 Å². The first-order chi connectivity index (χ1) is 17.7. The van der Waals surface area contributed by atoms with E-state index in [2.05, 4.69) is 95.1 Å². The van der Waals surface area contributed by atoms with Gasteiger partial charge in [0.2, 0.25) is 0 Å². The molecule has 0 bridgehead atoms. The molecule has 0 spiro atoms. The van der Waals surface area contributed by atoms with Gasteiger partial charge in [0.15, 0.2) is 0 Å². The summed E-state index contributed by atoms with van der Waals surface area (Å²) < 4.78 is 30.4. The number of hydrogen-bond acceptors (Lipinski definition) is 7. The molecular formula is C30H58O7Si3. The van der Waals surface area contributed by atoms with Gasteiger partial charge in [0, 0.05) is 5.92 Å². The van der Waals surface area contributed by atoms with Gasteiger partial charge in [0.25, 0.3) is 42.8 Å². The number of ether oxygens (including phenoxy) is 2. The molecule has 0 unspecified atom stereocenters. The highest BCUT2D eigenvalue weighted by molar-refractivity contribution is 6.76. The molecule has 0 saturated carbocycles. The fourth-order valence-corrected chi connectivity index (χ4v) is 6.06. The smallest absolute Gasteiger partial charge is 0.295 e. The van der Waals surface area contributed by atoms with Crippen molar-refractivity contribution in [1.29, 1.82) is 0 Å². The van der Waals surface area contributed by atoms with Gasteiger partial charge in [-0.3, -0.25) is 9.59 Å². The predicted octanol–water partition coefficient (Wildman–Crippen LogP) is 8.31. The summed E-state index contributed by atoms with van der Waals surface area (Å²) in [5, 5.41) is -0.184. The summed E-state index contributed by atoms with van der Waals surface area (Å²) in [7, 11) is -6.66. The predicted molar refractivity (Wildman–Crippen MR) is 170 cm³/mol. The van der Waals surface area contributed by atoms with E-state index in [0.717, 1.165) is 0 Å². The number of carbonyl (C=O) groups is 2. The Morgan fingerprint density at radius 1 is 0.700 bits per heavy atom. The van der Waals surface area contributed by atoms with Gasteiger partial charge in [0.05, 0.1) is 18.9 Å².